The number of nitrogens with zero attached hydrogens (tertiary/aromatic N) is 2. The highest BCUT2D eigenvalue weighted by Gasteiger charge is 2.35. The molecular weight excluding hydrogens is 485 g/mol. The van der Waals surface area contributed by atoms with Crippen LogP contribution in [0.1, 0.15) is 66.4 Å². The van der Waals surface area contributed by atoms with Crippen LogP contribution in [0.15, 0.2) is 28.7 Å². The minimum Gasteiger partial charge on any atom is -0.487 e. The molecule has 200 valence electrons. The summed E-state index contributed by atoms with van der Waals surface area (Å²) < 4.78 is 59.1. The van der Waals surface area contributed by atoms with Crippen LogP contribution in [-0.2, 0) is 0 Å². The lowest BCUT2D eigenvalue weighted by atomic mass is 9.98. The summed E-state index contributed by atoms with van der Waals surface area (Å²) in [6, 6.07) is 6.35. The molecule has 3 aromatic rings. The molecule has 6 nitrogen and oxygen atoms in total. The Bertz CT molecular complexity index is 1260. The minimum atomic E-state index is -2.70. The summed E-state index contributed by atoms with van der Waals surface area (Å²) >= 11 is 0. The molecule has 2 heterocycles. The first-order valence-electron chi connectivity index (χ1n) is 12.6. The van der Waals surface area contributed by atoms with Gasteiger partial charge in [-0.15, -0.1) is 0 Å². The van der Waals surface area contributed by atoms with E-state index in [0.717, 1.165) is 5.56 Å². The summed E-state index contributed by atoms with van der Waals surface area (Å²) in [6.07, 6.45) is 0.939. The average molecular weight is 519 g/mol. The number of oxazole rings is 1. The van der Waals surface area contributed by atoms with Crippen molar-refractivity contribution in [3.05, 3.63) is 52.7 Å². The molecule has 0 spiro atoms. The second kappa shape index (κ2) is 11.1. The summed E-state index contributed by atoms with van der Waals surface area (Å²) in [5, 5.41) is 0. The third kappa shape index (κ3) is 6.26. The first-order valence-corrected chi connectivity index (χ1v) is 12.6. The van der Waals surface area contributed by atoms with Crippen LogP contribution in [-0.4, -0.2) is 54.4 Å². The van der Waals surface area contributed by atoms with Crippen molar-refractivity contribution in [2.75, 3.05) is 32.8 Å². The number of rotatable bonds is 10. The fourth-order valence-electron chi connectivity index (χ4n) is 4.84. The van der Waals surface area contributed by atoms with Gasteiger partial charge in [0.2, 0.25) is 11.3 Å². The second-order valence-corrected chi connectivity index (χ2v) is 9.80. The first kappa shape index (κ1) is 27.0. The fraction of sp³-hybridized carbons (Fsp3) is 0.500. The van der Waals surface area contributed by atoms with E-state index in [0.29, 0.717) is 54.0 Å². The van der Waals surface area contributed by atoms with Gasteiger partial charge in [-0.25, -0.2) is 18.2 Å². The minimum absolute atomic E-state index is 0.0930. The molecule has 1 atom stereocenters. The number of aromatic nitrogens is 1. The maximum absolute atomic E-state index is 13.8. The molecule has 1 aromatic heterocycles. The third-order valence-electron chi connectivity index (χ3n) is 6.82. The van der Waals surface area contributed by atoms with Gasteiger partial charge in [0.1, 0.15) is 17.9 Å². The predicted octanol–water partition coefficient (Wildman–Crippen LogP) is 6.47. The van der Waals surface area contributed by atoms with Crippen LogP contribution >= 0.6 is 0 Å². The van der Waals surface area contributed by atoms with E-state index in [1.165, 1.54) is 19.1 Å². The molecule has 4 rings (SSSR count). The van der Waals surface area contributed by atoms with Crippen molar-refractivity contribution < 1.29 is 31.9 Å². The Labute approximate surface area is 214 Å². The van der Waals surface area contributed by atoms with Crippen LogP contribution in [0, 0.1) is 19.7 Å². The van der Waals surface area contributed by atoms with E-state index in [-0.39, 0.29) is 55.2 Å². The van der Waals surface area contributed by atoms with Crippen molar-refractivity contribution in [3.8, 4) is 11.5 Å². The molecule has 1 aliphatic rings. The standard InChI is InChI=1S/C28H33F3N2O4/c1-17(21-6-8-22(29)9-7-21)10-14-35-27-25(36-15-13-33-12-5-11-28(30,31)16-33)23(19(3)34)18(2)24-26(27)37-20(4)32-24/h6-9,17H,5,10-16H2,1-4H3. The van der Waals surface area contributed by atoms with Crippen molar-refractivity contribution in [1.82, 2.24) is 9.88 Å². The largest absolute Gasteiger partial charge is 0.487 e. The van der Waals surface area contributed by atoms with Crippen molar-refractivity contribution in [2.45, 2.75) is 58.8 Å². The highest BCUT2D eigenvalue weighted by atomic mass is 19.3. The molecule has 1 unspecified atom stereocenters. The Kier molecular flexibility index (Phi) is 8.11. The van der Waals surface area contributed by atoms with Gasteiger partial charge in [-0.3, -0.25) is 9.69 Å². The van der Waals surface area contributed by atoms with Crippen molar-refractivity contribution in [2.24, 2.45) is 0 Å². The number of alkyl halides is 2. The maximum Gasteiger partial charge on any atom is 0.260 e. The molecule has 0 N–H and O–H groups in total. The van der Waals surface area contributed by atoms with E-state index >= 15 is 0 Å². The number of ether oxygens (including phenoxy) is 2. The molecule has 0 bridgehead atoms. The normalized spacial score (nSPS) is 16.6. The van der Waals surface area contributed by atoms with Crippen LogP contribution < -0.4 is 9.47 Å². The van der Waals surface area contributed by atoms with Crippen LogP contribution in [0.25, 0.3) is 11.1 Å². The van der Waals surface area contributed by atoms with Crippen molar-refractivity contribution in [1.29, 1.82) is 0 Å². The Balaban J connectivity index is 1.57. The van der Waals surface area contributed by atoms with Crippen molar-refractivity contribution >= 4 is 16.9 Å². The zero-order valence-corrected chi connectivity index (χ0v) is 21.7. The number of fused-ring (bicyclic) bond motifs is 1. The van der Waals surface area contributed by atoms with Gasteiger partial charge in [0.05, 0.1) is 18.7 Å². The topological polar surface area (TPSA) is 64.8 Å². The number of hydrogen-bond acceptors (Lipinski definition) is 6. The fourth-order valence-corrected chi connectivity index (χ4v) is 4.84. The van der Waals surface area contributed by atoms with Crippen LogP contribution in [0.2, 0.25) is 0 Å². The monoisotopic (exact) mass is 518 g/mol. The lowest BCUT2D eigenvalue weighted by Gasteiger charge is -2.32. The Morgan fingerprint density at radius 3 is 2.54 bits per heavy atom. The van der Waals surface area contributed by atoms with Gasteiger partial charge in [0.15, 0.2) is 17.4 Å². The highest BCUT2D eigenvalue weighted by molar-refractivity contribution is 6.05. The molecule has 0 saturated carbocycles. The number of aryl methyl sites for hydroxylation is 2. The highest BCUT2D eigenvalue weighted by Crippen LogP contribution is 2.43. The van der Waals surface area contributed by atoms with E-state index in [4.69, 9.17) is 13.9 Å². The summed E-state index contributed by atoms with van der Waals surface area (Å²) in [5.41, 5.74) is 2.84. The molecule has 0 aliphatic carbocycles. The maximum atomic E-state index is 13.8. The summed E-state index contributed by atoms with van der Waals surface area (Å²) in [4.78, 5) is 18.8. The van der Waals surface area contributed by atoms with E-state index in [2.05, 4.69) is 4.98 Å². The van der Waals surface area contributed by atoms with E-state index < -0.39 is 5.92 Å². The number of Topliss-reactive ketones (excluding diaryl/α,β-unsaturated/α-hetero) is 1. The summed E-state index contributed by atoms with van der Waals surface area (Å²) in [7, 11) is 0. The van der Waals surface area contributed by atoms with E-state index in [1.54, 1.807) is 30.9 Å². The summed E-state index contributed by atoms with van der Waals surface area (Å²) in [6.45, 7) is 7.90. The Hall–Kier alpha value is -3.07. The lowest BCUT2D eigenvalue weighted by molar-refractivity contribution is -0.0657. The van der Waals surface area contributed by atoms with Crippen LogP contribution in [0.3, 0.4) is 0 Å². The average Bonchev–Trinajstić information content (AvgIpc) is 3.22. The Morgan fingerprint density at radius 2 is 1.86 bits per heavy atom. The smallest absolute Gasteiger partial charge is 0.260 e. The SMILES string of the molecule is CC(=O)c1c(OCCN2CCCC(F)(F)C2)c(OCCC(C)c2ccc(F)cc2)c2oc(C)nc2c1C. The quantitative estimate of drug-likeness (QED) is 0.287. The zero-order chi connectivity index (χ0) is 26.7. The van der Waals surface area contributed by atoms with Gasteiger partial charge >= 0.3 is 0 Å². The van der Waals surface area contributed by atoms with Gasteiger partial charge in [0.25, 0.3) is 5.92 Å². The number of benzene rings is 2. The van der Waals surface area contributed by atoms with Crippen LogP contribution in [0.5, 0.6) is 11.5 Å². The number of carbonyl (C=O) groups excluding carboxylic acids is 1. The van der Waals surface area contributed by atoms with E-state index in [9.17, 15) is 18.0 Å². The molecule has 1 fully saturated rings. The number of piperidine rings is 1. The van der Waals surface area contributed by atoms with E-state index in [1.807, 2.05) is 6.92 Å². The number of carbonyl (C=O) groups is 1. The molecule has 37 heavy (non-hydrogen) atoms. The first-order chi connectivity index (χ1) is 17.6. The number of hydrogen-bond donors (Lipinski definition) is 0. The second-order valence-electron chi connectivity index (χ2n) is 9.80. The Morgan fingerprint density at radius 1 is 1.16 bits per heavy atom. The molecule has 2 aromatic carbocycles. The molecular formula is C28H33F3N2O4. The van der Waals surface area contributed by atoms with Gasteiger partial charge in [-0.2, -0.15) is 0 Å². The number of halogens is 3. The lowest BCUT2D eigenvalue weighted by Crippen LogP contribution is -2.44. The molecule has 1 saturated heterocycles. The van der Waals surface area contributed by atoms with Gasteiger partial charge in [0, 0.05) is 19.9 Å². The zero-order valence-electron chi connectivity index (χ0n) is 21.7. The number of likely N-dealkylation sites (tertiary alicyclic amines) is 1. The molecule has 1 aliphatic heterocycles. The molecule has 0 amide bonds. The van der Waals surface area contributed by atoms with Gasteiger partial charge in [-0.1, -0.05) is 19.1 Å². The van der Waals surface area contributed by atoms with Crippen LogP contribution in [0.4, 0.5) is 13.2 Å². The third-order valence-corrected chi connectivity index (χ3v) is 6.82. The van der Waals surface area contributed by atoms with Crippen molar-refractivity contribution in [3.63, 3.8) is 0 Å². The van der Waals surface area contributed by atoms with Gasteiger partial charge < -0.3 is 13.9 Å². The number of ketones is 1. The summed E-state index contributed by atoms with van der Waals surface area (Å²) in [5.74, 6) is -2.18. The predicted molar refractivity (Wildman–Crippen MR) is 135 cm³/mol. The molecule has 9 heteroatoms. The molecule has 0 radical (unpaired) electrons. The van der Waals surface area contributed by atoms with Gasteiger partial charge in [-0.05, 0) is 62.4 Å².